The Morgan fingerprint density at radius 1 is 1.39 bits per heavy atom. The molecule has 0 bridgehead atoms. The van der Waals surface area contributed by atoms with E-state index in [-0.39, 0.29) is 19.3 Å². The minimum absolute atomic E-state index is 0.0240. The third-order valence-corrected chi connectivity index (χ3v) is 2.45. The van der Waals surface area contributed by atoms with Gasteiger partial charge in [-0.1, -0.05) is 0 Å². The molecule has 104 valence electrons. The van der Waals surface area contributed by atoms with Gasteiger partial charge in [0.15, 0.2) is 0 Å². The second kappa shape index (κ2) is 6.95. The van der Waals surface area contributed by atoms with Gasteiger partial charge < -0.3 is 20.9 Å². The van der Waals surface area contributed by atoms with Crippen molar-refractivity contribution in [2.75, 3.05) is 7.11 Å². The average molecular weight is 260 g/mol. The Morgan fingerprint density at radius 3 is 2.33 bits per heavy atom. The molecule has 0 aliphatic carbocycles. The number of amides is 2. The van der Waals surface area contributed by atoms with E-state index in [0.29, 0.717) is 0 Å². The Kier molecular flexibility index (Phi) is 6.32. The van der Waals surface area contributed by atoms with Gasteiger partial charge in [0.2, 0.25) is 11.8 Å². The number of aliphatic carboxylic acids is 1. The standard InChI is InChI=1S/C11H20N2O5/c1-11(2,18-3)6-9(15)13-7(10(16)17)4-5-8(12)14/h7H,4-6H2,1-3H3,(H2,12,14)(H,13,15)(H,16,17)/t7-/m0/s1. The van der Waals surface area contributed by atoms with Crippen molar-refractivity contribution < 1.29 is 24.2 Å². The van der Waals surface area contributed by atoms with Crippen molar-refractivity contribution in [2.24, 2.45) is 5.73 Å². The number of carbonyl (C=O) groups excluding carboxylic acids is 2. The molecule has 2 amide bonds. The van der Waals surface area contributed by atoms with Crippen LogP contribution in [0.2, 0.25) is 0 Å². The van der Waals surface area contributed by atoms with Crippen LogP contribution in [-0.2, 0) is 19.1 Å². The van der Waals surface area contributed by atoms with E-state index < -0.39 is 29.4 Å². The van der Waals surface area contributed by atoms with Crippen LogP contribution in [0.1, 0.15) is 33.1 Å². The number of carbonyl (C=O) groups is 3. The lowest BCUT2D eigenvalue weighted by Crippen LogP contribution is -2.44. The first-order valence-electron chi connectivity index (χ1n) is 5.53. The smallest absolute Gasteiger partial charge is 0.326 e. The molecule has 0 saturated heterocycles. The summed E-state index contributed by atoms with van der Waals surface area (Å²) in [6, 6.07) is -1.11. The molecule has 0 radical (unpaired) electrons. The first-order valence-corrected chi connectivity index (χ1v) is 5.53. The Morgan fingerprint density at radius 2 is 1.94 bits per heavy atom. The maximum atomic E-state index is 11.6. The zero-order valence-electron chi connectivity index (χ0n) is 10.9. The minimum Gasteiger partial charge on any atom is -0.480 e. The lowest BCUT2D eigenvalue weighted by molar-refractivity contribution is -0.143. The summed E-state index contributed by atoms with van der Waals surface area (Å²) in [5.74, 6) is -2.24. The Balaban J connectivity index is 4.37. The predicted octanol–water partition coefficient (Wildman–Crippen LogP) is -0.364. The number of rotatable bonds is 8. The molecule has 0 unspecified atom stereocenters. The van der Waals surface area contributed by atoms with Crippen molar-refractivity contribution in [2.45, 2.75) is 44.8 Å². The molecule has 7 heteroatoms. The van der Waals surface area contributed by atoms with Crippen LogP contribution in [0.3, 0.4) is 0 Å². The Bertz CT molecular complexity index is 327. The first-order chi connectivity index (χ1) is 8.18. The summed E-state index contributed by atoms with van der Waals surface area (Å²) in [4.78, 5) is 33.1. The molecule has 7 nitrogen and oxygen atoms in total. The molecule has 4 N–H and O–H groups in total. The van der Waals surface area contributed by atoms with E-state index in [1.165, 1.54) is 7.11 Å². The second-order valence-electron chi connectivity index (χ2n) is 4.60. The molecular formula is C11H20N2O5. The molecule has 0 spiro atoms. The minimum atomic E-state index is -1.19. The highest BCUT2D eigenvalue weighted by Crippen LogP contribution is 2.12. The normalized spacial score (nSPS) is 12.8. The van der Waals surface area contributed by atoms with Crippen LogP contribution in [0.25, 0.3) is 0 Å². The van der Waals surface area contributed by atoms with Crippen LogP contribution in [0.5, 0.6) is 0 Å². The highest BCUT2D eigenvalue weighted by molar-refractivity contribution is 5.84. The highest BCUT2D eigenvalue weighted by atomic mass is 16.5. The third-order valence-electron chi connectivity index (χ3n) is 2.45. The van der Waals surface area contributed by atoms with Gasteiger partial charge >= 0.3 is 5.97 Å². The number of hydrogen-bond acceptors (Lipinski definition) is 4. The fraction of sp³-hybridized carbons (Fsp3) is 0.727. The molecule has 0 aromatic heterocycles. The molecule has 18 heavy (non-hydrogen) atoms. The van der Waals surface area contributed by atoms with Crippen molar-refractivity contribution in [3.05, 3.63) is 0 Å². The number of ether oxygens (including phenoxy) is 1. The molecular weight excluding hydrogens is 240 g/mol. The van der Waals surface area contributed by atoms with Crippen molar-refractivity contribution in [3.8, 4) is 0 Å². The van der Waals surface area contributed by atoms with E-state index in [1.54, 1.807) is 13.8 Å². The highest BCUT2D eigenvalue weighted by Gasteiger charge is 2.25. The molecule has 0 aromatic rings. The molecule has 0 heterocycles. The lowest BCUT2D eigenvalue weighted by atomic mass is 10.0. The summed E-state index contributed by atoms with van der Waals surface area (Å²) in [6.07, 6.45) is -0.0847. The fourth-order valence-corrected chi connectivity index (χ4v) is 1.25. The largest absolute Gasteiger partial charge is 0.480 e. The molecule has 0 aliphatic heterocycles. The van der Waals surface area contributed by atoms with Crippen molar-refractivity contribution in [1.82, 2.24) is 5.32 Å². The predicted molar refractivity (Wildman–Crippen MR) is 63.7 cm³/mol. The van der Waals surface area contributed by atoms with Gasteiger partial charge in [-0.05, 0) is 20.3 Å². The topological polar surface area (TPSA) is 119 Å². The van der Waals surface area contributed by atoms with Crippen LogP contribution in [0.4, 0.5) is 0 Å². The van der Waals surface area contributed by atoms with Gasteiger partial charge in [0.1, 0.15) is 6.04 Å². The number of nitrogens with one attached hydrogen (secondary N) is 1. The number of methoxy groups -OCH3 is 1. The van der Waals surface area contributed by atoms with E-state index in [1.807, 2.05) is 0 Å². The molecule has 0 rings (SSSR count). The summed E-state index contributed by atoms with van der Waals surface area (Å²) in [7, 11) is 1.47. The summed E-state index contributed by atoms with van der Waals surface area (Å²) >= 11 is 0. The SMILES string of the molecule is COC(C)(C)CC(=O)N[C@@H](CCC(N)=O)C(=O)O. The van der Waals surface area contributed by atoms with Gasteiger partial charge in [0.05, 0.1) is 12.0 Å². The van der Waals surface area contributed by atoms with Gasteiger partial charge in [0, 0.05) is 13.5 Å². The van der Waals surface area contributed by atoms with Crippen LogP contribution < -0.4 is 11.1 Å². The quantitative estimate of drug-likeness (QED) is 0.550. The van der Waals surface area contributed by atoms with Gasteiger partial charge in [-0.15, -0.1) is 0 Å². The van der Waals surface area contributed by atoms with Crippen LogP contribution in [0.15, 0.2) is 0 Å². The zero-order valence-corrected chi connectivity index (χ0v) is 10.9. The molecule has 0 aliphatic rings. The lowest BCUT2D eigenvalue weighted by Gasteiger charge is -2.23. The number of primary amides is 1. The monoisotopic (exact) mass is 260 g/mol. The molecule has 0 saturated carbocycles. The third kappa shape index (κ3) is 6.85. The van der Waals surface area contributed by atoms with E-state index in [0.717, 1.165) is 0 Å². The van der Waals surface area contributed by atoms with E-state index in [4.69, 9.17) is 15.6 Å². The van der Waals surface area contributed by atoms with E-state index in [9.17, 15) is 14.4 Å². The first kappa shape index (κ1) is 16.4. The van der Waals surface area contributed by atoms with Gasteiger partial charge in [0.25, 0.3) is 0 Å². The molecule has 1 atom stereocenters. The summed E-state index contributed by atoms with van der Waals surface area (Å²) in [5, 5.41) is 11.2. The van der Waals surface area contributed by atoms with E-state index in [2.05, 4.69) is 5.32 Å². The summed E-state index contributed by atoms with van der Waals surface area (Å²) in [6.45, 7) is 3.43. The van der Waals surface area contributed by atoms with Gasteiger partial charge in [-0.25, -0.2) is 4.79 Å². The number of nitrogens with two attached hydrogens (primary N) is 1. The maximum Gasteiger partial charge on any atom is 0.326 e. The summed E-state index contributed by atoms with van der Waals surface area (Å²) < 4.78 is 5.07. The maximum absolute atomic E-state index is 11.6. The number of carboxylic acid groups (broad SMARTS) is 1. The van der Waals surface area contributed by atoms with Crippen LogP contribution in [0, 0.1) is 0 Å². The van der Waals surface area contributed by atoms with Crippen molar-refractivity contribution >= 4 is 17.8 Å². The molecule has 0 fully saturated rings. The number of carboxylic acids is 1. The average Bonchev–Trinajstić information content (AvgIpc) is 2.22. The Labute approximate surface area is 106 Å². The van der Waals surface area contributed by atoms with Crippen molar-refractivity contribution in [1.29, 1.82) is 0 Å². The second-order valence-corrected chi connectivity index (χ2v) is 4.60. The molecule has 0 aromatic carbocycles. The Hall–Kier alpha value is -1.63. The fourth-order valence-electron chi connectivity index (χ4n) is 1.25. The summed E-state index contributed by atoms with van der Waals surface area (Å²) in [5.41, 5.74) is 4.26. The van der Waals surface area contributed by atoms with Crippen LogP contribution >= 0.6 is 0 Å². The number of hydrogen-bond donors (Lipinski definition) is 3. The van der Waals surface area contributed by atoms with Crippen molar-refractivity contribution in [3.63, 3.8) is 0 Å². The van der Waals surface area contributed by atoms with E-state index >= 15 is 0 Å². The van der Waals surface area contributed by atoms with Gasteiger partial charge in [-0.2, -0.15) is 0 Å². The van der Waals surface area contributed by atoms with Gasteiger partial charge in [-0.3, -0.25) is 9.59 Å². The zero-order chi connectivity index (χ0) is 14.3. The van der Waals surface area contributed by atoms with Crippen LogP contribution in [-0.4, -0.2) is 41.6 Å².